The zero-order valence-electron chi connectivity index (χ0n) is 21.2. The fraction of sp³-hybridized carbons (Fsp3) is 0.538. The smallest absolute Gasteiger partial charge is 0.187 e. The van der Waals surface area contributed by atoms with Crippen LogP contribution in [0.15, 0.2) is 36.4 Å². The van der Waals surface area contributed by atoms with E-state index in [0.717, 1.165) is 5.56 Å². The van der Waals surface area contributed by atoms with Crippen molar-refractivity contribution in [3.05, 3.63) is 47.5 Å². The molecular weight excluding hydrogens is 504 g/mol. The van der Waals surface area contributed by atoms with Gasteiger partial charge in [0, 0.05) is 6.61 Å². The summed E-state index contributed by atoms with van der Waals surface area (Å²) in [6.07, 6.45) is -8.82. The third-order valence-corrected chi connectivity index (χ3v) is 6.31. The lowest BCUT2D eigenvalue weighted by Crippen LogP contribution is -2.59. The fourth-order valence-electron chi connectivity index (χ4n) is 4.18. The number of aryl methyl sites for hydroxylation is 1. The van der Waals surface area contributed by atoms with Crippen LogP contribution in [0.2, 0.25) is 0 Å². The number of methoxy groups -OCH3 is 2. The molecule has 2 aromatic rings. The molecule has 0 aromatic heterocycles. The minimum Gasteiger partial charge on any atom is -0.504 e. The summed E-state index contributed by atoms with van der Waals surface area (Å²) in [5.41, 5.74) is 1.26. The zero-order valence-corrected chi connectivity index (χ0v) is 21.2. The minimum absolute atomic E-state index is 0.0419. The molecule has 0 bridgehead atoms. The molecule has 2 aromatic carbocycles. The van der Waals surface area contributed by atoms with Crippen molar-refractivity contribution in [2.24, 2.45) is 0 Å². The molecule has 1 fully saturated rings. The number of benzene rings is 2. The summed E-state index contributed by atoms with van der Waals surface area (Å²) in [7, 11) is 2.81. The molecule has 3 rings (SSSR count). The van der Waals surface area contributed by atoms with Gasteiger partial charge in [-0.05, 0) is 48.2 Å². The highest BCUT2D eigenvalue weighted by molar-refractivity contribution is 5.44. The number of aromatic hydroxyl groups is 1. The fourth-order valence-corrected chi connectivity index (χ4v) is 4.18. The largest absolute Gasteiger partial charge is 0.504 e. The Hall–Kier alpha value is -2.68. The Labute approximate surface area is 220 Å². The molecule has 12 nitrogen and oxygen atoms in total. The number of ether oxygens (including phenoxy) is 5. The van der Waals surface area contributed by atoms with Crippen molar-refractivity contribution in [2.45, 2.75) is 55.8 Å². The Morgan fingerprint density at radius 3 is 2.24 bits per heavy atom. The number of aliphatic hydroxyl groups excluding tert-OH is 6. The first kappa shape index (κ1) is 29.9. The first-order valence-electron chi connectivity index (χ1n) is 12.2. The SMILES string of the molecule is COc1cc(C(OC2OC(CO)C(O)C(O)C2O)C(CO)Oc2ccc(CCCO)cc2OC)ccc1O. The van der Waals surface area contributed by atoms with E-state index in [4.69, 9.17) is 28.8 Å². The second kappa shape index (κ2) is 13.9. The molecule has 1 aliphatic rings. The maximum absolute atomic E-state index is 10.5. The first-order valence-corrected chi connectivity index (χ1v) is 12.2. The van der Waals surface area contributed by atoms with Gasteiger partial charge in [0.2, 0.25) is 0 Å². The van der Waals surface area contributed by atoms with Gasteiger partial charge in [0.1, 0.15) is 30.5 Å². The van der Waals surface area contributed by atoms with Crippen LogP contribution in [0.3, 0.4) is 0 Å². The molecule has 0 aliphatic carbocycles. The van der Waals surface area contributed by atoms with Crippen molar-refractivity contribution in [1.29, 1.82) is 0 Å². The summed E-state index contributed by atoms with van der Waals surface area (Å²) >= 11 is 0. The average Bonchev–Trinajstić information content (AvgIpc) is 2.94. The summed E-state index contributed by atoms with van der Waals surface area (Å²) in [5, 5.41) is 69.9. The number of hydrogen-bond acceptors (Lipinski definition) is 12. The number of rotatable bonds is 13. The van der Waals surface area contributed by atoms with Crippen molar-refractivity contribution in [2.75, 3.05) is 34.0 Å². The van der Waals surface area contributed by atoms with Gasteiger partial charge in [-0.15, -0.1) is 0 Å². The van der Waals surface area contributed by atoms with Crippen molar-refractivity contribution >= 4 is 0 Å². The van der Waals surface area contributed by atoms with Crippen LogP contribution in [0.25, 0.3) is 0 Å². The topological polar surface area (TPSA) is 188 Å². The zero-order chi connectivity index (χ0) is 27.8. The van der Waals surface area contributed by atoms with Crippen LogP contribution in [0.4, 0.5) is 0 Å². The molecule has 1 aliphatic heterocycles. The van der Waals surface area contributed by atoms with Gasteiger partial charge >= 0.3 is 0 Å². The van der Waals surface area contributed by atoms with Crippen LogP contribution in [0.1, 0.15) is 23.7 Å². The van der Waals surface area contributed by atoms with Crippen LogP contribution in [0, 0.1) is 0 Å². The first-order chi connectivity index (χ1) is 18.3. The van der Waals surface area contributed by atoms with E-state index in [9.17, 15) is 30.6 Å². The van der Waals surface area contributed by atoms with Gasteiger partial charge in [-0.25, -0.2) is 0 Å². The molecule has 1 heterocycles. The molecule has 38 heavy (non-hydrogen) atoms. The van der Waals surface area contributed by atoms with Gasteiger partial charge in [-0.3, -0.25) is 0 Å². The van der Waals surface area contributed by atoms with E-state index in [2.05, 4.69) is 0 Å². The average molecular weight is 541 g/mol. The van der Waals surface area contributed by atoms with E-state index >= 15 is 0 Å². The van der Waals surface area contributed by atoms with Crippen LogP contribution < -0.4 is 14.2 Å². The molecule has 0 spiro atoms. The standard InChI is InChI=1S/C26H36O12/c1-34-18-11-15(6-7-16(18)30)25(38-26-24(33)23(32)22(31)20(12-28)37-26)21(13-29)36-17-8-5-14(4-3-9-27)10-19(17)35-2/h5-8,10-11,20-33H,3-4,9,12-13H2,1-2H3. The molecule has 212 valence electrons. The Bertz CT molecular complexity index is 1020. The maximum atomic E-state index is 10.5. The second-order valence-electron chi connectivity index (χ2n) is 8.84. The van der Waals surface area contributed by atoms with Crippen LogP contribution in [-0.2, 0) is 15.9 Å². The molecular formula is C26H36O12. The van der Waals surface area contributed by atoms with Crippen LogP contribution in [-0.4, -0.2) is 107 Å². The molecule has 0 amide bonds. The lowest BCUT2D eigenvalue weighted by atomic mass is 9.98. The summed E-state index contributed by atoms with van der Waals surface area (Å²) in [5.74, 6) is 0.595. The van der Waals surface area contributed by atoms with E-state index in [-0.39, 0.29) is 23.9 Å². The molecule has 7 N–H and O–H groups in total. The normalized spacial score (nSPS) is 25.0. The Balaban J connectivity index is 1.96. The van der Waals surface area contributed by atoms with Crippen molar-refractivity contribution < 1.29 is 59.4 Å². The number of aliphatic hydroxyl groups is 6. The summed E-state index contributed by atoms with van der Waals surface area (Å²) in [4.78, 5) is 0. The van der Waals surface area contributed by atoms with E-state index in [1.807, 2.05) is 0 Å². The third-order valence-electron chi connectivity index (χ3n) is 6.31. The van der Waals surface area contributed by atoms with E-state index in [1.165, 1.54) is 32.4 Å². The molecule has 1 saturated heterocycles. The predicted molar refractivity (Wildman–Crippen MR) is 132 cm³/mol. The van der Waals surface area contributed by atoms with Gasteiger partial charge in [0.15, 0.2) is 35.4 Å². The second-order valence-corrected chi connectivity index (χ2v) is 8.84. The van der Waals surface area contributed by atoms with E-state index in [1.54, 1.807) is 18.2 Å². The van der Waals surface area contributed by atoms with Crippen molar-refractivity contribution in [3.63, 3.8) is 0 Å². The quantitative estimate of drug-likeness (QED) is 0.175. The Kier molecular flexibility index (Phi) is 10.9. The molecule has 7 atom stereocenters. The van der Waals surface area contributed by atoms with Crippen LogP contribution in [0.5, 0.6) is 23.0 Å². The lowest BCUT2D eigenvalue weighted by Gasteiger charge is -2.41. The van der Waals surface area contributed by atoms with Gasteiger partial charge in [0.25, 0.3) is 0 Å². The lowest BCUT2D eigenvalue weighted by molar-refractivity contribution is -0.318. The van der Waals surface area contributed by atoms with Gasteiger partial charge in [-0.2, -0.15) is 0 Å². The minimum atomic E-state index is -1.70. The number of hydrogen-bond donors (Lipinski definition) is 7. The Morgan fingerprint density at radius 2 is 1.61 bits per heavy atom. The molecule has 12 heteroatoms. The summed E-state index contributed by atoms with van der Waals surface area (Å²) in [6.45, 7) is -1.19. The highest BCUT2D eigenvalue weighted by Crippen LogP contribution is 2.37. The van der Waals surface area contributed by atoms with Crippen molar-refractivity contribution in [1.82, 2.24) is 0 Å². The summed E-state index contributed by atoms with van der Waals surface area (Å²) in [6, 6.07) is 9.48. The van der Waals surface area contributed by atoms with Gasteiger partial charge in [-0.1, -0.05) is 12.1 Å². The number of phenols is 1. The molecule has 0 saturated carbocycles. The Morgan fingerprint density at radius 1 is 0.868 bits per heavy atom. The highest BCUT2D eigenvalue weighted by Gasteiger charge is 2.46. The van der Waals surface area contributed by atoms with E-state index < -0.39 is 56.1 Å². The maximum Gasteiger partial charge on any atom is 0.187 e. The predicted octanol–water partition coefficient (Wildman–Crippen LogP) is -0.368. The highest BCUT2D eigenvalue weighted by atomic mass is 16.7. The third kappa shape index (κ3) is 6.84. The van der Waals surface area contributed by atoms with Crippen molar-refractivity contribution in [3.8, 4) is 23.0 Å². The molecule has 0 radical (unpaired) electrons. The van der Waals surface area contributed by atoms with Gasteiger partial charge < -0.3 is 59.4 Å². The number of phenolic OH excluding ortho intramolecular Hbond substituents is 1. The van der Waals surface area contributed by atoms with E-state index in [0.29, 0.717) is 24.2 Å². The molecule has 7 unspecified atom stereocenters. The monoisotopic (exact) mass is 540 g/mol. The van der Waals surface area contributed by atoms with Crippen LogP contribution >= 0.6 is 0 Å². The van der Waals surface area contributed by atoms with Gasteiger partial charge in [0.05, 0.1) is 27.4 Å². The summed E-state index contributed by atoms with van der Waals surface area (Å²) < 4.78 is 28.3.